The van der Waals surface area contributed by atoms with Crippen LogP contribution in [0.3, 0.4) is 0 Å². The summed E-state index contributed by atoms with van der Waals surface area (Å²) in [6.45, 7) is 0. The molecule has 0 bridgehead atoms. The Balaban J connectivity index is 0.000000204. The van der Waals surface area contributed by atoms with Gasteiger partial charge in [-0.25, -0.2) is 4.98 Å². The van der Waals surface area contributed by atoms with Gasteiger partial charge in [-0.3, -0.25) is 0 Å². The van der Waals surface area contributed by atoms with Crippen molar-refractivity contribution in [1.82, 2.24) is 19.9 Å². The molecule has 0 aliphatic rings. The number of hydrogen-bond acceptors (Lipinski definition) is 12. The van der Waals surface area contributed by atoms with Gasteiger partial charge in [0.1, 0.15) is 12.0 Å². The molecular weight excluding hydrogens is 270 g/mol. The molecule has 12 nitrogen and oxygen atoms in total. The highest BCUT2D eigenvalue weighted by molar-refractivity contribution is 5.70. The summed E-state index contributed by atoms with van der Waals surface area (Å²) in [5, 5.41) is 19.9. The summed E-state index contributed by atoms with van der Waals surface area (Å²) < 4.78 is 0. The summed E-state index contributed by atoms with van der Waals surface area (Å²) in [5.74, 6) is -0.639. The molecule has 0 unspecified atom stereocenters. The lowest BCUT2D eigenvalue weighted by Gasteiger charge is -1.98. The monoisotopic (exact) mass is 281 g/mol. The number of nitrogen functional groups attached to an aromatic ring is 4. The van der Waals surface area contributed by atoms with Crippen LogP contribution in [-0.4, -0.2) is 30.1 Å². The average Bonchev–Trinajstić information content (AvgIpc) is 2.36. The molecule has 0 aliphatic heterocycles. The van der Waals surface area contributed by atoms with E-state index in [9.17, 15) is 4.91 Å². The minimum Gasteiger partial charge on any atom is -0.492 e. The van der Waals surface area contributed by atoms with Crippen molar-refractivity contribution in [3.05, 3.63) is 11.2 Å². The predicted octanol–water partition coefficient (Wildman–Crippen LogP) is -0.909. The Bertz CT molecular complexity index is 589. The van der Waals surface area contributed by atoms with Gasteiger partial charge in [0.2, 0.25) is 5.88 Å². The first-order chi connectivity index (χ1) is 9.36. The van der Waals surface area contributed by atoms with E-state index in [-0.39, 0.29) is 34.7 Å². The van der Waals surface area contributed by atoms with E-state index >= 15 is 0 Å². The van der Waals surface area contributed by atoms with Gasteiger partial charge in [-0.2, -0.15) is 15.0 Å². The normalized spacial score (nSPS) is 9.40. The zero-order valence-electron chi connectivity index (χ0n) is 9.93. The lowest BCUT2D eigenvalue weighted by atomic mass is 10.4. The number of rotatable bonds is 1. The minimum absolute atomic E-state index is 0.0255. The second-order valence-corrected chi connectivity index (χ2v) is 3.23. The quantitative estimate of drug-likeness (QED) is 0.350. The zero-order valence-corrected chi connectivity index (χ0v) is 9.93. The van der Waals surface area contributed by atoms with Crippen molar-refractivity contribution < 1.29 is 10.2 Å². The number of nitrogens with two attached hydrogens (primary N) is 4. The van der Waals surface area contributed by atoms with E-state index < -0.39 is 6.01 Å². The van der Waals surface area contributed by atoms with Crippen molar-refractivity contribution in [1.29, 1.82) is 0 Å². The van der Waals surface area contributed by atoms with E-state index in [0.29, 0.717) is 0 Å². The third-order valence-electron chi connectivity index (χ3n) is 1.91. The minimum atomic E-state index is -0.576. The molecule has 0 fully saturated rings. The summed E-state index contributed by atoms with van der Waals surface area (Å²) in [6.07, 6.45) is 1.14. The van der Waals surface area contributed by atoms with Crippen LogP contribution < -0.4 is 22.9 Å². The van der Waals surface area contributed by atoms with Gasteiger partial charge >= 0.3 is 6.01 Å². The molecule has 0 aliphatic carbocycles. The molecule has 106 valence electrons. The summed E-state index contributed by atoms with van der Waals surface area (Å²) in [7, 11) is 0. The maximum atomic E-state index is 9.99. The molecule has 10 N–H and O–H groups in total. The standard InChI is InChI=1S/C4H5N5O2.C4H6N4O/c5-2-1(9-11)3(6)8-4(10)7-2;5-2-3(6)7-1-8-4(2)9/h(H5,5,6,7,8,10);1H,5H2,(H3,6,7,8,9). The van der Waals surface area contributed by atoms with Gasteiger partial charge in [0.05, 0.1) is 0 Å². The van der Waals surface area contributed by atoms with Crippen molar-refractivity contribution in [2.24, 2.45) is 5.18 Å². The maximum Gasteiger partial charge on any atom is 0.317 e. The topological polar surface area (TPSA) is 226 Å². The van der Waals surface area contributed by atoms with E-state index in [4.69, 9.17) is 33.1 Å². The van der Waals surface area contributed by atoms with Crippen LogP contribution in [0, 0.1) is 4.91 Å². The molecule has 0 saturated heterocycles. The highest BCUT2D eigenvalue weighted by Crippen LogP contribution is 2.26. The molecule has 2 heterocycles. The molecule has 2 aromatic rings. The highest BCUT2D eigenvalue weighted by Gasteiger charge is 2.08. The summed E-state index contributed by atoms with van der Waals surface area (Å²) in [5.41, 5.74) is 20.4. The van der Waals surface area contributed by atoms with Gasteiger partial charge in [0.15, 0.2) is 23.1 Å². The molecule has 0 saturated carbocycles. The number of nitroso groups, excluding NO2 is 1. The van der Waals surface area contributed by atoms with Gasteiger partial charge in [0.25, 0.3) is 0 Å². The fourth-order valence-corrected chi connectivity index (χ4v) is 0.971. The molecule has 0 aromatic carbocycles. The number of aromatic hydroxyl groups is 2. The van der Waals surface area contributed by atoms with Crippen LogP contribution in [0.4, 0.5) is 28.8 Å². The molecule has 2 aromatic heterocycles. The van der Waals surface area contributed by atoms with E-state index in [1.165, 1.54) is 0 Å². The fraction of sp³-hybridized carbons (Fsp3) is 0. The number of nitrogens with zero attached hydrogens (tertiary/aromatic N) is 5. The second kappa shape index (κ2) is 5.94. The lowest BCUT2D eigenvalue weighted by molar-refractivity contribution is 0.432. The van der Waals surface area contributed by atoms with E-state index in [2.05, 4.69) is 25.1 Å². The van der Waals surface area contributed by atoms with Crippen LogP contribution >= 0.6 is 0 Å². The molecular formula is C8H11N9O3. The zero-order chi connectivity index (χ0) is 15.3. The SMILES string of the molecule is Nc1nc(O)nc(N)c1N=O.Nc1ncnc(O)c1N. The van der Waals surface area contributed by atoms with Crippen LogP contribution in [0.15, 0.2) is 11.5 Å². The van der Waals surface area contributed by atoms with Crippen LogP contribution in [0.1, 0.15) is 0 Å². The van der Waals surface area contributed by atoms with Gasteiger partial charge in [0, 0.05) is 0 Å². The highest BCUT2D eigenvalue weighted by atomic mass is 16.3. The molecule has 0 spiro atoms. The number of hydrogen-bond donors (Lipinski definition) is 6. The third kappa shape index (κ3) is 3.28. The lowest BCUT2D eigenvalue weighted by Crippen LogP contribution is -1.98. The van der Waals surface area contributed by atoms with Crippen LogP contribution in [0.5, 0.6) is 11.9 Å². The average molecular weight is 281 g/mol. The first-order valence-corrected chi connectivity index (χ1v) is 4.87. The summed E-state index contributed by atoms with van der Waals surface area (Å²) in [6, 6.07) is -0.576. The molecule has 2 rings (SSSR count). The Labute approximate surface area is 111 Å². The van der Waals surface area contributed by atoms with Gasteiger partial charge in [-0.15, -0.1) is 4.91 Å². The van der Waals surface area contributed by atoms with E-state index in [0.717, 1.165) is 6.33 Å². The Morgan fingerprint density at radius 2 is 1.50 bits per heavy atom. The number of anilines is 4. The van der Waals surface area contributed by atoms with Gasteiger partial charge in [-0.1, -0.05) is 0 Å². The van der Waals surface area contributed by atoms with Crippen molar-refractivity contribution >= 4 is 28.8 Å². The molecule has 0 radical (unpaired) electrons. The third-order valence-corrected chi connectivity index (χ3v) is 1.91. The smallest absolute Gasteiger partial charge is 0.317 e. The van der Waals surface area contributed by atoms with Crippen molar-refractivity contribution in [3.8, 4) is 11.9 Å². The molecule has 0 amide bonds. The van der Waals surface area contributed by atoms with Crippen molar-refractivity contribution in [2.45, 2.75) is 0 Å². The van der Waals surface area contributed by atoms with E-state index in [1.54, 1.807) is 0 Å². The Morgan fingerprint density at radius 1 is 0.950 bits per heavy atom. The fourth-order valence-electron chi connectivity index (χ4n) is 0.971. The maximum absolute atomic E-state index is 9.99. The Morgan fingerprint density at radius 3 is 1.90 bits per heavy atom. The van der Waals surface area contributed by atoms with Crippen LogP contribution in [-0.2, 0) is 0 Å². The predicted molar refractivity (Wildman–Crippen MR) is 70.5 cm³/mol. The molecule has 20 heavy (non-hydrogen) atoms. The van der Waals surface area contributed by atoms with Crippen LogP contribution in [0.2, 0.25) is 0 Å². The van der Waals surface area contributed by atoms with Crippen LogP contribution in [0.25, 0.3) is 0 Å². The Kier molecular flexibility index (Phi) is 4.34. The Hall–Kier alpha value is -3.44. The summed E-state index contributed by atoms with van der Waals surface area (Å²) in [4.78, 5) is 23.4. The molecule has 0 atom stereocenters. The first kappa shape index (κ1) is 14.6. The van der Waals surface area contributed by atoms with Crippen molar-refractivity contribution in [2.75, 3.05) is 22.9 Å². The van der Waals surface area contributed by atoms with Gasteiger partial charge in [-0.05, 0) is 5.18 Å². The van der Waals surface area contributed by atoms with Gasteiger partial charge < -0.3 is 33.1 Å². The molecule has 12 heteroatoms. The van der Waals surface area contributed by atoms with Crippen molar-refractivity contribution in [3.63, 3.8) is 0 Å². The largest absolute Gasteiger partial charge is 0.492 e. The summed E-state index contributed by atoms with van der Waals surface area (Å²) >= 11 is 0. The van der Waals surface area contributed by atoms with E-state index in [1.807, 2.05) is 0 Å². The number of aromatic nitrogens is 4. The second-order valence-electron chi connectivity index (χ2n) is 3.23. The first-order valence-electron chi connectivity index (χ1n) is 4.87.